The number of aliphatic carboxylic acids is 1. The number of hydrogen-bond acceptors (Lipinski definition) is 3. The molecule has 2 rings (SSSR count). The summed E-state index contributed by atoms with van der Waals surface area (Å²) in [4.78, 5) is 23.0. The highest BCUT2D eigenvalue weighted by atomic mass is 16.4. The lowest BCUT2D eigenvalue weighted by atomic mass is 10.0. The van der Waals surface area contributed by atoms with Gasteiger partial charge in [0, 0.05) is 18.2 Å². The van der Waals surface area contributed by atoms with Crippen LogP contribution < -0.4 is 10.6 Å². The Bertz CT molecular complexity index is 502. The van der Waals surface area contributed by atoms with E-state index in [0.717, 1.165) is 17.8 Å². The van der Waals surface area contributed by atoms with E-state index in [9.17, 15) is 9.59 Å². The van der Waals surface area contributed by atoms with Gasteiger partial charge in [0.15, 0.2) is 0 Å². The maximum Gasteiger partial charge on any atom is 0.306 e. The second-order valence-electron chi connectivity index (χ2n) is 5.27. The van der Waals surface area contributed by atoms with Gasteiger partial charge in [-0.25, -0.2) is 0 Å². The van der Waals surface area contributed by atoms with Crippen molar-refractivity contribution in [1.82, 2.24) is 5.32 Å². The fraction of sp³-hybridized carbons (Fsp3) is 0.467. The molecule has 20 heavy (non-hydrogen) atoms. The maximum atomic E-state index is 12.1. The number of carbonyl (C=O) groups is 2. The molecular formula is C15H20N2O3. The molecule has 0 aromatic heterocycles. The van der Waals surface area contributed by atoms with E-state index in [2.05, 4.69) is 10.6 Å². The van der Waals surface area contributed by atoms with Crippen LogP contribution in [0.1, 0.15) is 24.8 Å². The summed E-state index contributed by atoms with van der Waals surface area (Å²) in [5.41, 5.74) is 1.86. The molecule has 1 fully saturated rings. The first-order chi connectivity index (χ1) is 9.60. The van der Waals surface area contributed by atoms with E-state index < -0.39 is 5.97 Å². The Morgan fingerprint density at radius 2 is 2.05 bits per heavy atom. The van der Waals surface area contributed by atoms with Gasteiger partial charge in [-0.3, -0.25) is 9.59 Å². The molecule has 1 aromatic rings. The molecule has 2 atom stereocenters. The Kier molecular flexibility index (Phi) is 4.74. The SMILES string of the molecule is CNCc1cccc(NC(=O)C2CCC(C(=O)O)C2)c1. The topological polar surface area (TPSA) is 78.4 Å². The fourth-order valence-corrected chi connectivity index (χ4v) is 2.65. The normalized spacial score (nSPS) is 21.6. The number of amides is 1. The third kappa shape index (κ3) is 3.57. The molecule has 1 saturated carbocycles. The number of carboxylic acid groups (broad SMARTS) is 1. The first kappa shape index (κ1) is 14.5. The molecule has 0 heterocycles. The van der Waals surface area contributed by atoms with Crippen molar-refractivity contribution in [3.05, 3.63) is 29.8 Å². The number of carboxylic acids is 1. The number of benzene rings is 1. The molecule has 1 aromatic carbocycles. The van der Waals surface area contributed by atoms with Gasteiger partial charge in [0.25, 0.3) is 0 Å². The lowest BCUT2D eigenvalue weighted by molar-refractivity contribution is -0.141. The number of hydrogen-bond donors (Lipinski definition) is 3. The van der Waals surface area contributed by atoms with E-state index in [1.54, 1.807) is 0 Å². The third-order valence-corrected chi connectivity index (χ3v) is 3.73. The van der Waals surface area contributed by atoms with Crippen LogP contribution in [0.5, 0.6) is 0 Å². The first-order valence-electron chi connectivity index (χ1n) is 6.87. The molecular weight excluding hydrogens is 256 g/mol. The molecule has 1 aliphatic carbocycles. The molecule has 5 heteroatoms. The lowest BCUT2D eigenvalue weighted by Crippen LogP contribution is -2.21. The summed E-state index contributed by atoms with van der Waals surface area (Å²) in [6.45, 7) is 0.744. The van der Waals surface area contributed by atoms with Gasteiger partial charge in [-0.1, -0.05) is 12.1 Å². The Labute approximate surface area is 118 Å². The average Bonchev–Trinajstić information content (AvgIpc) is 2.89. The summed E-state index contributed by atoms with van der Waals surface area (Å²) in [6.07, 6.45) is 1.68. The minimum atomic E-state index is -0.795. The zero-order chi connectivity index (χ0) is 14.5. The summed E-state index contributed by atoms with van der Waals surface area (Å²) in [6, 6.07) is 7.66. The zero-order valence-corrected chi connectivity index (χ0v) is 11.6. The van der Waals surface area contributed by atoms with Gasteiger partial charge in [-0.15, -0.1) is 0 Å². The highest BCUT2D eigenvalue weighted by molar-refractivity contribution is 5.93. The van der Waals surface area contributed by atoms with E-state index >= 15 is 0 Å². The maximum absolute atomic E-state index is 12.1. The summed E-state index contributed by atoms with van der Waals surface area (Å²) in [5, 5.41) is 14.9. The first-order valence-corrected chi connectivity index (χ1v) is 6.87. The van der Waals surface area contributed by atoms with E-state index in [0.29, 0.717) is 19.3 Å². The van der Waals surface area contributed by atoms with Crippen LogP contribution in [0.2, 0.25) is 0 Å². The molecule has 5 nitrogen and oxygen atoms in total. The van der Waals surface area contributed by atoms with Gasteiger partial charge in [0.1, 0.15) is 0 Å². The van der Waals surface area contributed by atoms with Crippen LogP contribution in [0.25, 0.3) is 0 Å². The van der Waals surface area contributed by atoms with Crippen molar-refractivity contribution in [2.24, 2.45) is 11.8 Å². The number of rotatable bonds is 5. The number of carbonyl (C=O) groups excluding carboxylic acids is 1. The van der Waals surface area contributed by atoms with Crippen molar-refractivity contribution in [2.45, 2.75) is 25.8 Å². The van der Waals surface area contributed by atoms with Gasteiger partial charge in [0.2, 0.25) is 5.91 Å². The molecule has 0 aliphatic heterocycles. The van der Waals surface area contributed by atoms with Crippen LogP contribution in [0.4, 0.5) is 5.69 Å². The van der Waals surface area contributed by atoms with Crippen LogP contribution in [0.15, 0.2) is 24.3 Å². The molecule has 1 aliphatic rings. The Hall–Kier alpha value is -1.88. The monoisotopic (exact) mass is 276 g/mol. The average molecular weight is 276 g/mol. The summed E-state index contributed by atoms with van der Waals surface area (Å²) < 4.78 is 0. The van der Waals surface area contributed by atoms with Gasteiger partial charge < -0.3 is 15.7 Å². The van der Waals surface area contributed by atoms with E-state index in [4.69, 9.17) is 5.11 Å². The van der Waals surface area contributed by atoms with Crippen LogP contribution >= 0.6 is 0 Å². The zero-order valence-electron chi connectivity index (χ0n) is 11.6. The minimum absolute atomic E-state index is 0.0737. The van der Waals surface area contributed by atoms with Crippen molar-refractivity contribution in [3.8, 4) is 0 Å². The van der Waals surface area contributed by atoms with Crippen LogP contribution in [0, 0.1) is 11.8 Å². The fourth-order valence-electron chi connectivity index (χ4n) is 2.65. The minimum Gasteiger partial charge on any atom is -0.481 e. The molecule has 3 N–H and O–H groups in total. The van der Waals surface area contributed by atoms with Crippen molar-refractivity contribution in [3.63, 3.8) is 0 Å². The van der Waals surface area contributed by atoms with Gasteiger partial charge in [-0.05, 0) is 44.0 Å². The molecule has 0 bridgehead atoms. The predicted molar refractivity (Wildman–Crippen MR) is 76.3 cm³/mol. The van der Waals surface area contributed by atoms with Crippen molar-refractivity contribution in [2.75, 3.05) is 12.4 Å². The molecule has 0 spiro atoms. The quantitative estimate of drug-likeness (QED) is 0.767. The standard InChI is InChI=1S/C15H20N2O3/c1-16-9-10-3-2-4-13(7-10)17-14(18)11-5-6-12(8-11)15(19)20/h2-4,7,11-12,16H,5-6,8-9H2,1H3,(H,17,18)(H,19,20). The van der Waals surface area contributed by atoms with Crippen molar-refractivity contribution < 1.29 is 14.7 Å². The van der Waals surface area contributed by atoms with Gasteiger partial charge in [-0.2, -0.15) is 0 Å². The number of nitrogens with one attached hydrogen (secondary N) is 2. The summed E-state index contributed by atoms with van der Waals surface area (Å²) in [7, 11) is 1.87. The van der Waals surface area contributed by atoms with Crippen LogP contribution in [0.3, 0.4) is 0 Å². The lowest BCUT2D eigenvalue weighted by Gasteiger charge is -2.11. The number of anilines is 1. The summed E-state index contributed by atoms with van der Waals surface area (Å²) >= 11 is 0. The van der Waals surface area contributed by atoms with Crippen molar-refractivity contribution in [1.29, 1.82) is 0 Å². The Morgan fingerprint density at radius 3 is 2.70 bits per heavy atom. The second kappa shape index (κ2) is 6.52. The molecule has 108 valence electrons. The molecule has 0 radical (unpaired) electrons. The molecule has 0 saturated heterocycles. The largest absolute Gasteiger partial charge is 0.481 e. The summed E-state index contributed by atoms with van der Waals surface area (Å²) in [5.74, 6) is -1.43. The smallest absolute Gasteiger partial charge is 0.306 e. The highest BCUT2D eigenvalue weighted by Gasteiger charge is 2.33. The highest BCUT2D eigenvalue weighted by Crippen LogP contribution is 2.31. The van der Waals surface area contributed by atoms with E-state index in [1.165, 1.54) is 0 Å². The Balaban J connectivity index is 1.95. The Morgan fingerprint density at radius 1 is 1.30 bits per heavy atom. The predicted octanol–water partition coefficient (Wildman–Crippen LogP) is 1.85. The molecule has 1 amide bonds. The second-order valence-corrected chi connectivity index (χ2v) is 5.27. The van der Waals surface area contributed by atoms with Crippen molar-refractivity contribution >= 4 is 17.6 Å². The van der Waals surface area contributed by atoms with Gasteiger partial charge in [0.05, 0.1) is 5.92 Å². The van der Waals surface area contributed by atoms with E-state index in [1.807, 2.05) is 31.3 Å². The van der Waals surface area contributed by atoms with Crippen LogP contribution in [-0.2, 0) is 16.1 Å². The molecule has 2 unspecified atom stereocenters. The van der Waals surface area contributed by atoms with E-state index in [-0.39, 0.29) is 17.7 Å². The van der Waals surface area contributed by atoms with Crippen LogP contribution in [-0.4, -0.2) is 24.0 Å². The third-order valence-electron chi connectivity index (χ3n) is 3.73. The van der Waals surface area contributed by atoms with Gasteiger partial charge >= 0.3 is 5.97 Å².